The zero-order valence-corrected chi connectivity index (χ0v) is 19.0. The van der Waals surface area contributed by atoms with E-state index in [1.807, 2.05) is 37.3 Å². The van der Waals surface area contributed by atoms with Crippen LogP contribution in [0.5, 0.6) is 0 Å². The average Bonchev–Trinajstić information content (AvgIpc) is 3.18. The molecule has 35 heavy (non-hydrogen) atoms. The second-order valence-electron chi connectivity index (χ2n) is 8.30. The number of hydrogen-bond donors (Lipinski definition) is 1. The molecule has 5 aromatic rings. The van der Waals surface area contributed by atoms with E-state index in [1.54, 1.807) is 42.7 Å². The molecule has 0 aliphatic heterocycles. The molecule has 2 aromatic heterocycles. The first-order chi connectivity index (χ1) is 17.0. The van der Waals surface area contributed by atoms with E-state index in [9.17, 15) is 14.3 Å². The topological polar surface area (TPSA) is 68.0 Å². The van der Waals surface area contributed by atoms with Crippen LogP contribution in [-0.2, 0) is 6.54 Å². The van der Waals surface area contributed by atoms with Gasteiger partial charge >= 0.3 is 5.97 Å². The number of rotatable bonds is 6. The predicted octanol–water partition coefficient (Wildman–Crippen LogP) is 6.46. The summed E-state index contributed by atoms with van der Waals surface area (Å²) < 4.78 is 15.4. The molecule has 0 aliphatic carbocycles. The number of carboxylic acid groups (broad SMARTS) is 1. The minimum atomic E-state index is -0.996. The fourth-order valence-electron chi connectivity index (χ4n) is 4.12. The van der Waals surface area contributed by atoms with E-state index in [0.29, 0.717) is 12.1 Å². The molecule has 0 aliphatic rings. The van der Waals surface area contributed by atoms with Crippen LogP contribution in [0.3, 0.4) is 0 Å². The third-order valence-corrected chi connectivity index (χ3v) is 5.98. The Labute approximate surface area is 201 Å². The lowest BCUT2D eigenvalue weighted by atomic mass is 9.98. The monoisotopic (exact) mass is 463 g/mol. The molecule has 0 fully saturated rings. The second-order valence-corrected chi connectivity index (χ2v) is 8.30. The van der Waals surface area contributed by atoms with Gasteiger partial charge in [-0.2, -0.15) is 0 Å². The van der Waals surface area contributed by atoms with E-state index in [4.69, 9.17) is 0 Å². The summed E-state index contributed by atoms with van der Waals surface area (Å²) in [6.07, 6.45) is 7.23. The zero-order valence-electron chi connectivity index (χ0n) is 19.0. The molecule has 5 nitrogen and oxygen atoms in total. The van der Waals surface area contributed by atoms with Crippen molar-refractivity contribution in [1.82, 2.24) is 14.5 Å². The number of aromatic nitrogens is 3. The highest BCUT2D eigenvalue weighted by Gasteiger charge is 2.10. The number of fused-ring (bicyclic) bond motifs is 1. The number of imidazole rings is 1. The van der Waals surface area contributed by atoms with Gasteiger partial charge in [0.25, 0.3) is 0 Å². The number of aromatic carboxylic acids is 1. The summed E-state index contributed by atoms with van der Waals surface area (Å²) in [6, 6.07) is 21.4. The van der Waals surface area contributed by atoms with Gasteiger partial charge < -0.3 is 9.67 Å². The normalized spacial score (nSPS) is 11.4. The van der Waals surface area contributed by atoms with Crippen molar-refractivity contribution >= 4 is 29.2 Å². The maximum atomic E-state index is 13.3. The number of carbonyl (C=O) groups is 1. The predicted molar refractivity (Wildman–Crippen MR) is 136 cm³/mol. The SMILES string of the molecule is Cc1nc2cnccc2n1Cc1ccc(/C=C/c2cc(-c3ccc(F)cc3)ccc2C(=O)O)cc1. The van der Waals surface area contributed by atoms with Crippen molar-refractivity contribution in [1.29, 1.82) is 0 Å². The number of benzene rings is 3. The minimum absolute atomic E-state index is 0.209. The van der Waals surface area contributed by atoms with Gasteiger partial charge in [0.15, 0.2) is 0 Å². The van der Waals surface area contributed by atoms with Crippen molar-refractivity contribution in [3.05, 3.63) is 119 Å². The second kappa shape index (κ2) is 9.35. The Hall–Kier alpha value is -4.58. The fraction of sp³-hybridized carbons (Fsp3) is 0.0690. The molecule has 172 valence electrons. The number of pyridine rings is 1. The Balaban J connectivity index is 1.39. The maximum absolute atomic E-state index is 13.3. The Bertz CT molecular complexity index is 1550. The number of carboxylic acids is 1. The number of nitrogens with zero attached hydrogens (tertiary/aromatic N) is 3. The van der Waals surface area contributed by atoms with Crippen LogP contribution in [0.25, 0.3) is 34.3 Å². The quantitative estimate of drug-likeness (QED) is 0.293. The smallest absolute Gasteiger partial charge is 0.336 e. The largest absolute Gasteiger partial charge is 0.478 e. The van der Waals surface area contributed by atoms with E-state index in [0.717, 1.165) is 39.1 Å². The highest BCUT2D eigenvalue weighted by atomic mass is 19.1. The summed E-state index contributed by atoms with van der Waals surface area (Å²) in [4.78, 5) is 20.5. The molecule has 0 amide bonds. The van der Waals surface area contributed by atoms with Crippen molar-refractivity contribution in [3.63, 3.8) is 0 Å². The number of halogens is 1. The van der Waals surface area contributed by atoms with Gasteiger partial charge in [-0.15, -0.1) is 0 Å². The standard InChI is InChI=1S/C29H22FN3O2/c1-19-32-27-17-31-15-14-28(27)33(19)18-21-4-2-20(3-5-21)6-7-24-16-23(10-13-26(24)29(34)35)22-8-11-25(30)12-9-22/h2-17H,18H2,1H3,(H,34,35)/b7-6+. The van der Waals surface area contributed by atoms with Crippen molar-refractivity contribution in [2.45, 2.75) is 13.5 Å². The molecule has 6 heteroatoms. The van der Waals surface area contributed by atoms with Crippen molar-refractivity contribution < 1.29 is 14.3 Å². The molecule has 0 unspecified atom stereocenters. The average molecular weight is 464 g/mol. The molecule has 0 bridgehead atoms. The molecule has 0 saturated carbocycles. The Morgan fingerprint density at radius 1 is 0.971 bits per heavy atom. The summed E-state index contributed by atoms with van der Waals surface area (Å²) in [5.41, 5.74) is 6.44. The van der Waals surface area contributed by atoms with Crippen LogP contribution in [0.2, 0.25) is 0 Å². The van der Waals surface area contributed by atoms with E-state index in [1.165, 1.54) is 12.1 Å². The molecule has 1 N–H and O–H groups in total. The first kappa shape index (κ1) is 22.2. The first-order valence-electron chi connectivity index (χ1n) is 11.1. The third-order valence-electron chi connectivity index (χ3n) is 5.98. The van der Waals surface area contributed by atoms with Crippen LogP contribution in [0, 0.1) is 12.7 Å². The van der Waals surface area contributed by atoms with E-state index in [-0.39, 0.29) is 11.4 Å². The fourth-order valence-corrected chi connectivity index (χ4v) is 4.12. The van der Waals surface area contributed by atoms with Crippen molar-refractivity contribution in [2.75, 3.05) is 0 Å². The molecule has 3 aromatic carbocycles. The molecule has 5 rings (SSSR count). The van der Waals surface area contributed by atoms with Gasteiger partial charge in [0.2, 0.25) is 0 Å². The summed E-state index contributed by atoms with van der Waals surface area (Å²) in [7, 11) is 0. The molecule has 0 radical (unpaired) electrons. The molecule has 0 atom stereocenters. The van der Waals surface area contributed by atoms with E-state index in [2.05, 4.69) is 26.7 Å². The lowest BCUT2D eigenvalue weighted by Gasteiger charge is -2.08. The van der Waals surface area contributed by atoms with Gasteiger partial charge in [-0.3, -0.25) is 4.98 Å². The van der Waals surface area contributed by atoms with Crippen molar-refractivity contribution in [2.24, 2.45) is 0 Å². The third kappa shape index (κ3) is 4.73. The molecule has 0 spiro atoms. The van der Waals surface area contributed by atoms with Crippen LogP contribution in [0.15, 0.2) is 85.2 Å². The first-order valence-corrected chi connectivity index (χ1v) is 11.1. The molecule has 2 heterocycles. The lowest BCUT2D eigenvalue weighted by molar-refractivity contribution is 0.0696. The van der Waals surface area contributed by atoms with Crippen LogP contribution >= 0.6 is 0 Å². The van der Waals surface area contributed by atoms with Crippen molar-refractivity contribution in [3.8, 4) is 11.1 Å². The summed E-state index contributed by atoms with van der Waals surface area (Å²) >= 11 is 0. The van der Waals surface area contributed by atoms with E-state index >= 15 is 0 Å². The number of aryl methyl sites for hydroxylation is 1. The lowest BCUT2D eigenvalue weighted by Crippen LogP contribution is -2.01. The van der Waals surface area contributed by atoms with Gasteiger partial charge in [0, 0.05) is 12.7 Å². The minimum Gasteiger partial charge on any atom is -0.478 e. The van der Waals surface area contributed by atoms with E-state index < -0.39 is 5.97 Å². The Morgan fingerprint density at radius 2 is 1.71 bits per heavy atom. The van der Waals surface area contributed by atoms with Gasteiger partial charge in [-0.05, 0) is 65.1 Å². The molecule has 0 saturated heterocycles. The maximum Gasteiger partial charge on any atom is 0.336 e. The van der Waals surface area contributed by atoms with Gasteiger partial charge in [0.1, 0.15) is 17.2 Å². The number of hydrogen-bond acceptors (Lipinski definition) is 3. The molecular formula is C29H22FN3O2. The summed E-state index contributed by atoms with van der Waals surface area (Å²) in [5.74, 6) is -0.379. The van der Waals surface area contributed by atoms with Gasteiger partial charge in [-0.1, -0.05) is 54.6 Å². The summed E-state index contributed by atoms with van der Waals surface area (Å²) in [5, 5.41) is 9.62. The Morgan fingerprint density at radius 3 is 2.46 bits per heavy atom. The van der Waals surface area contributed by atoms with Gasteiger partial charge in [0.05, 0.1) is 17.3 Å². The van der Waals surface area contributed by atoms with Crippen LogP contribution < -0.4 is 0 Å². The molecular weight excluding hydrogens is 441 g/mol. The Kier molecular flexibility index (Phi) is 5.94. The highest BCUT2D eigenvalue weighted by molar-refractivity contribution is 5.94. The van der Waals surface area contributed by atoms with Crippen LogP contribution in [-0.4, -0.2) is 25.6 Å². The highest BCUT2D eigenvalue weighted by Crippen LogP contribution is 2.25. The zero-order chi connectivity index (χ0) is 24.4. The van der Waals surface area contributed by atoms with Crippen LogP contribution in [0.4, 0.5) is 4.39 Å². The van der Waals surface area contributed by atoms with Crippen LogP contribution in [0.1, 0.15) is 32.9 Å². The summed E-state index contributed by atoms with van der Waals surface area (Å²) in [6.45, 7) is 2.68. The van der Waals surface area contributed by atoms with Gasteiger partial charge in [-0.25, -0.2) is 14.2 Å².